The smallest absolute Gasteiger partial charge is 0.0185 e. The van der Waals surface area contributed by atoms with Gasteiger partial charge in [0.05, 0.1) is 0 Å². The fraction of sp³-hybridized carbons (Fsp3) is 1.00. The Hall–Kier alpha value is 0.350. The SMILES string of the molecule is CCN1CCC(NC(C)P)CC1. The molecule has 72 valence electrons. The van der Waals surface area contributed by atoms with E-state index in [1.165, 1.54) is 32.5 Å². The summed E-state index contributed by atoms with van der Waals surface area (Å²) in [5.41, 5.74) is 0. The zero-order chi connectivity index (χ0) is 8.97. The molecule has 2 nitrogen and oxygen atoms in total. The van der Waals surface area contributed by atoms with Crippen molar-refractivity contribution in [2.45, 2.75) is 38.5 Å². The molecule has 0 spiro atoms. The molecule has 12 heavy (non-hydrogen) atoms. The number of hydrogen-bond donors (Lipinski definition) is 1. The molecule has 0 aromatic rings. The fourth-order valence-electron chi connectivity index (χ4n) is 1.79. The van der Waals surface area contributed by atoms with E-state index in [-0.39, 0.29) is 0 Å². The molecule has 0 aromatic heterocycles. The Labute approximate surface area is 78.3 Å². The zero-order valence-electron chi connectivity index (χ0n) is 8.21. The van der Waals surface area contributed by atoms with Gasteiger partial charge in [-0.05, 0) is 39.4 Å². The zero-order valence-corrected chi connectivity index (χ0v) is 9.37. The molecule has 1 saturated heterocycles. The van der Waals surface area contributed by atoms with Crippen molar-refractivity contribution in [3.63, 3.8) is 0 Å². The predicted molar refractivity (Wildman–Crippen MR) is 57.4 cm³/mol. The van der Waals surface area contributed by atoms with Crippen LogP contribution in [0, 0.1) is 0 Å². The molecule has 0 aromatic carbocycles. The van der Waals surface area contributed by atoms with Crippen molar-refractivity contribution >= 4 is 9.24 Å². The molecule has 2 atom stereocenters. The molecule has 1 fully saturated rings. The van der Waals surface area contributed by atoms with Gasteiger partial charge in [0.15, 0.2) is 0 Å². The molecule has 1 heterocycles. The largest absolute Gasteiger partial charge is 0.308 e. The van der Waals surface area contributed by atoms with Crippen LogP contribution < -0.4 is 5.32 Å². The lowest BCUT2D eigenvalue weighted by Crippen LogP contribution is -2.43. The Morgan fingerprint density at radius 2 is 2.08 bits per heavy atom. The van der Waals surface area contributed by atoms with Gasteiger partial charge in [0.1, 0.15) is 0 Å². The highest BCUT2D eigenvalue weighted by Gasteiger charge is 2.17. The number of likely N-dealkylation sites (tertiary alicyclic amines) is 1. The van der Waals surface area contributed by atoms with Gasteiger partial charge in [-0.25, -0.2) is 0 Å². The molecule has 0 amide bonds. The van der Waals surface area contributed by atoms with Crippen molar-refractivity contribution in [3.05, 3.63) is 0 Å². The highest BCUT2D eigenvalue weighted by atomic mass is 31.0. The normalized spacial score (nSPS) is 24.2. The van der Waals surface area contributed by atoms with E-state index in [2.05, 4.69) is 33.3 Å². The molecule has 1 aliphatic heterocycles. The van der Waals surface area contributed by atoms with Gasteiger partial charge in [0, 0.05) is 11.8 Å². The molecule has 1 N–H and O–H groups in total. The first-order valence-electron chi connectivity index (χ1n) is 4.96. The summed E-state index contributed by atoms with van der Waals surface area (Å²) in [6.45, 7) is 8.18. The van der Waals surface area contributed by atoms with Gasteiger partial charge in [-0.2, -0.15) is 0 Å². The second-order valence-electron chi connectivity index (χ2n) is 3.66. The third-order valence-corrected chi connectivity index (χ3v) is 2.73. The first-order chi connectivity index (χ1) is 5.72. The minimum atomic E-state index is 0.558. The first kappa shape index (κ1) is 10.4. The summed E-state index contributed by atoms with van der Waals surface area (Å²) in [5, 5.41) is 3.56. The van der Waals surface area contributed by atoms with Gasteiger partial charge in [-0.15, -0.1) is 9.24 Å². The highest BCUT2D eigenvalue weighted by Crippen LogP contribution is 2.11. The van der Waals surface area contributed by atoms with Gasteiger partial charge < -0.3 is 10.2 Å². The van der Waals surface area contributed by atoms with Crippen LogP contribution in [0.3, 0.4) is 0 Å². The molecule has 0 bridgehead atoms. The average molecular weight is 188 g/mol. The van der Waals surface area contributed by atoms with E-state index in [0.717, 1.165) is 6.04 Å². The lowest BCUT2D eigenvalue weighted by molar-refractivity contribution is 0.206. The minimum absolute atomic E-state index is 0.558. The summed E-state index contributed by atoms with van der Waals surface area (Å²) in [6, 6.07) is 0.750. The summed E-state index contributed by atoms with van der Waals surface area (Å²) in [6.07, 6.45) is 2.62. The standard InChI is InChI=1S/C9H21N2P/c1-3-11-6-4-9(5-7-11)10-8(2)12/h8-10H,3-7,12H2,1-2H3. The Morgan fingerprint density at radius 3 is 2.50 bits per heavy atom. The van der Waals surface area contributed by atoms with E-state index in [9.17, 15) is 0 Å². The van der Waals surface area contributed by atoms with E-state index >= 15 is 0 Å². The van der Waals surface area contributed by atoms with E-state index in [1.54, 1.807) is 0 Å². The van der Waals surface area contributed by atoms with Crippen molar-refractivity contribution < 1.29 is 0 Å². The highest BCUT2D eigenvalue weighted by molar-refractivity contribution is 7.17. The minimum Gasteiger partial charge on any atom is -0.308 e. The van der Waals surface area contributed by atoms with Crippen LogP contribution in [0.15, 0.2) is 0 Å². The Morgan fingerprint density at radius 1 is 1.50 bits per heavy atom. The molecular formula is C9H21N2P. The predicted octanol–water partition coefficient (Wildman–Crippen LogP) is 1.28. The summed E-state index contributed by atoms with van der Waals surface area (Å²) in [4.78, 5) is 2.52. The van der Waals surface area contributed by atoms with Gasteiger partial charge in [0.25, 0.3) is 0 Å². The second kappa shape index (κ2) is 5.16. The van der Waals surface area contributed by atoms with Crippen LogP contribution in [0.25, 0.3) is 0 Å². The van der Waals surface area contributed by atoms with Gasteiger partial charge in [-0.3, -0.25) is 0 Å². The van der Waals surface area contributed by atoms with E-state index < -0.39 is 0 Å². The van der Waals surface area contributed by atoms with Crippen LogP contribution in [0.2, 0.25) is 0 Å². The van der Waals surface area contributed by atoms with E-state index in [4.69, 9.17) is 0 Å². The summed E-state index contributed by atoms with van der Waals surface area (Å²) in [7, 11) is 2.80. The quantitative estimate of drug-likeness (QED) is 0.671. The number of rotatable bonds is 3. The lowest BCUT2D eigenvalue weighted by atomic mass is 10.1. The molecule has 1 rings (SSSR count). The number of nitrogens with one attached hydrogen (secondary N) is 1. The number of nitrogens with zero attached hydrogens (tertiary/aromatic N) is 1. The maximum absolute atomic E-state index is 3.56. The molecule has 0 radical (unpaired) electrons. The average Bonchev–Trinajstić information content (AvgIpc) is 2.05. The molecule has 1 aliphatic rings. The monoisotopic (exact) mass is 188 g/mol. The topological polar surface area (TPSA) is 15.3 Å². The summed E-state index contributed by atoms with van der Waals surface area (Å²) in [5.74, 6) is 0.558. The molecule has 2 unspecified atom stereocenters. The molecule has 0 saturated carbocycles. The maximum Gasteiger partial charge on any atom is 0.0185 e. The van der Waals surface area contributed by atoms with E-state index in [0.29, 0.717) is 5.78 Å². The van der Waals surface area contributed by atoms with Gasteiger partial charge >= 0.3 is 0 Å². The van der Waals surface area contributed by atoms with Crippen molar-refractivity contribution in [3.8, 4) is 0 Å². The Kier molecular flexibility index (Phi) is 4.49. The van der Waals surface area contributed by atoms with E-state index in [1.807, 2.05) is 0 Å². The van der Waals surface area contributed by atoms with Crippen LogP contribution >= 0.6 is 9.24 Å². The second-order valence-corrected chi connectivity index (χ2v) is 4.66. The Bertz CT molecular complexity index is 120. The maximum atomic E-state index is 3.56. The van der Waals surface area contributed by atoms with Gasteiger partial charge in [-0.1, -0.05) is 6.92 Å². The molecular weight excluding hydrogens is 167 g/mol. The van der Waals surface area contributed by atoms with Crippen molar-refractivity contribution in [2.24, 2.45) is 0 Å². The molecule has 0 aliphatic carbocycles. The van der Waals surface area contributed by atoms with Crippen LogP contribution in [-0.2, 0) is 0 Å². The van der Waals surface area contributed by atoms with Crippen LogP contribution in [-0.4, -0.2) is 36.4 Å². The first-order valence-corrected chi connectivity index (χ1v) is 5.63. The number of piperidine rings is 1. The van der Waals surface area contributed by atoms with Crippen molar-refractivity contribution in [1.29, 1.82) is 0 Å². The van der Waals surface area contributed by atoms with Crippen molar-refractivity contribution in [2.75, 3.05) is 19.6 Å². The van der Waals surface area contributed by atoms with Crippen LogP contribution in [0.4, 0.5) is 0 Å². The van der Waals surface area contributed by atoms with Crippen LogP contribution in [0.5, 0.6) is 0 Å². The Balaban J connectivity index is 2.17. The van der Waals surface area contributed by atoms with Crippen molar-refractivity contribution in [1.82, 2.24) is 10.2 Å². The molecule has 3 heteroatoms. The number of hydrogen-bond acceptors (Lipinski definition) is 2. The summed E-state index contributed by atoms with van der Waals surface area (Å²) >= 11 is 0. The fourth-order valence-corrected chi connectivity index (χ4v) is 2.06. The third kappa shape index (κ3) is 3.38. The van der Waals surface area contributed by atoms with Crippen LogP contribution in [0.1, 0.15) is 26.7 Å². The summed E-state index contributed by atoms with van der Waals surface area (Å²) < 4.78 is 0. The van der Waals surface area contributed by atoms with Gasteiger partial charge in [0.2, 0.25) is 0 Å². The third-order valence-electron chi connectivity index (χ3n) is 2.53. The lowest BCUT2D eigenvalue weighted by Gasteiger charge is -2.32.